The molecule has 0 saturated carbocycles. The van der Waals surface area contributed by atoms with E-state index in [1.165, 1.54) is 0 Å². The SMILES string of the molecule is CCC1(/C=N\N(C)c2ccccc2)c2ccccc2N(C)C1O. The normalized spacial score (nSPS) is 23.3. The molecule has 1 heterocycles. The number of hydrogen-bond acceptors (Lipinski definition) is 4. The quantitative estimate of drug-likeness (QED) is 0.696. The molecule has 1 aliphatic rings. The Kier molecular flexibility index (Phi) is 4.09. The number of hydrogen-bond donors (Lipinski definition) is 1. The van der Waals surface area contributed by atoms with Gasteiger partial charge in [-0.1, -0.05) is 43.3 Å². The van der Waals surface area contributed by atoms with Gasteiger partial charge >= 0.3 is 0 Å². The van der Waals surface area contributed by atoms with Gasteiger partial charge in [0.25, 0.3) is 0 Å². The van der Waals surface area contributed by atoms with E-state index in [1.807, 2.05) is 78.7 Å². The molecule has 1 N–H and O–H groups in total. The zero-order chi connectivity index (χ0) is 16.4. The average molecular weight is 309 g/mol. The maximum atomic E-state index is 10.8. The summed E-state index contributed by atoms with van der Waals surface area (Å²) in [6.07, 6.45) is 2.06. The molecule has 1 aliphatic heterocycles. The molecule has 0 aliphatic carbocycles. The Balaban J connectivity index is 1.97. The minimum absolute atomic E-state index is 0.492. The number of aliphatic hydroxyl groups is 1. The second-order valence-corrected chi connectivity index (χ2v) is 6.00. The summed E-state index contributed by atoms with van der Waals surface area (Å²) in [5, 5.41) is 17.3. The van der Waals surface area contributed by atoms with Crippen LogP contribution in [0.4, 0.5) is 11.4 Å². The van der Waals surface area contributed by atoms with Crippen molar-refractivity contribution < 1.29 is 5.11 Å². The second-order valence-electron chi connectivity index (χ2n) is 6.00. The lowest BCUT2D eigenvalue weighted by molar-refractivity contribution is 0.129. The largest absolute Gasteiger partial charge is 0.372 e. The first-order valence-corrected chi connectivity index (χ1v) is 7.94. The average Bonchev–Trinajstić information content (AvgIpc) is 2.82. The molecule has 2 atom stereocenters. The summed E-state index contributed by atoms with van der Waals surface area (Å²) in [4.78, 5) is 1.92. The molecule has 0 saturated heterocycles. The van der Waals surface area contributed by atoms with Crippen molar-refractivity contribution in [3.63, 3.8) is 0 Å². The molecular weight excluding hydrogens is 286 g/mol. The second kappa shape index (κ2) is 6.05. The van der Waals surface area contributed by atoms with Crippen LogP contribution < -0.4 is 9.91 Å². The molecular formula is C19H23N3O. The summed E-state index contributed by atoms with van der Waals surface area (Å²) >= 11 is 0. The first kappa shape index (κ1) is 15.6. The van der Waals surface area contributed by atoms with Gasteiger partial charge in [-0.05, 0) is 30.2 Å². The first-order valence-electron chi connectivity index (χ1n) is 7.94. The molecule has 0 fully saturated rings. The van der Waals surface area contributed by atoms with Crippen LogP contribution in [0, 0.1) is 0 Å². The summed E-state index contributed by atoms with van der Waals surface area (Å²) in [6, 6.07) is 18.1. The van der Waals surface area contributed by atoms with Crippen LogP contribution in [0.1, 0.15) is 18.9 Å². The van der Waals surface area contributed by atoms with Crippen molar-refractivity contribution in [3.05, 3.63) is 60.2 Å². The topological polar surface area (TPSA) is 39.1 Å². The van der Waals surface area contributed by atoms with E-state index in [9.17, 15) is 5.11 Å². The molecule has 2 unspecified atom stereocenters. The maximum Gasteiger partial charge on any atom is 0.141 e. The van der Waals surface area contributed by atoms with Crippen molar-refractivity contribution >= 4 is 17.6 Å². The van der Waals surface area contributed by atoms with Crippen molar-refractivity contribution in [2.24, 2.45) is 5.10 Å². The van der Waals surface area contributed by atoms with Crippen LogP contribution in [0.15, 0.2) is 59.7 Å². The van der Waals surface area contributed by atoms with Gasteiger partial charge in [0.15, 0.2) is 0 Å². The van der Waals surface area contributed by atoms with E-state index < -0.39 is 11.6 Å². The zero-order valence-electron chi connectivity index (χ0n) is 13.8. The number of likely N-dealkylation sites (N-methyl/N-ethyl adjacent to an activating group) is 1. The molecule has 3 rings (SSSR count). The Morgan fingerprint density at radius 3 is 2.52 bits per heavy atom. The van der Waals surface area contributed by atoms with E-state index >= 15 is 0 Å². The van der Waals surface area contributed by atoms with Gasteiger partial charge in [-0.2, -0.15) is 5.10 Å². The molecule has 0 amide bonds. The van der Waals surface area contributed by atoms with Gasteiger partial charge in [-0.15, -0.1) is 0 Å². The molecule has 4 heteroatoms. The number of benzene rings is 2. The Morgan fingerprint density at radius 1 is 1.17 bits per heavy atom. The Hall–Kier alpha value is -2.33. The molecule has 0 radical (unpaired) electrons. The van der Waals surface area contributed by atoms with E-state index in [2.05, 4.69) is 18.1 Å². The van der Waals surface area contributed by atoms with Gasteiger partial charge in [0, 0.05) is 26.0 Å². The Labute approximate surface area is 137 Å². The molecule has 120 valence electrons. The predicted molar refractivity (Wildman–Crippen MR) is 96.2 cm³/mol. The smallest absolute Gasteiger partial charge is 0.141 e. The van der Waals surface area contributed by atoms with E-state index in [1.54, 1.807) is 0 Å². The molecule has 23 heavy (non-hydrogen) atoms. The van der Waals surface area contributed by atoms with Gasteiger partial charge in [-0.3, -0.25) is 5.01 Å². The standard InChI is InChI=1S/C19H23N3O/c1-4-19(14-20-22(3)15-10-6-5-7-11-15)16-12-8-9-13-17(16)21(2)18(19)23/h5-14,18,23H,4H2,1-3H3/b20-14-. The van der Waals surface area contributed by atoms with Crippen LogP contribution in [0.25, 0.3) is 0 Å². The predicted octanol–water partition coefficient (Wildman–Crippen LogP) is 3.22. The van der Waals surface area contributed by atoms with Crippen LogP contribution in [0.3, 0.4) is 0 Å². The molecule has 2 aromatic rings. The number of nitrogens with zero attached hydrogens (tertiary/aromatic N) is 3. The number of rotatable bonds is 4. The van der Waals surface area contributed by atoms with Crippen molar-refractivity contribution in [3.8, 4) is 0 Å². The molecule has 0 aromatic heterocycles. The summed E-state index contributed by atoms with van der Waals surface area (Å²) < 4.78 is 0. The van der Waals surface area contributed by atoms with Crippen LogP contribution in [-0.4, -0.2) is 31.6 Å². The third-order valence-electron chi connectivity index (χ3n) is 4.79. The summed E-state index contributed by atoms with van der Waals surface area (Å²) in [5.74, 6) is 0. The fourth-order valence-electron chi connectivity index (χ4n) is 3.29. The fraction of sp³-hybridized carbons (Fsp3) is 0.316. The molecule has 0 spiro atoms. The highest BCUT2D eigenvalue weighted by Gasteiger charge is 2.47. The number of fused-ring (bicyclic) bond motifs is 1. The van der Waals surface area contributed by atoms with Crippen LogP contribution >= 0.6 is 0 Å². The minimum Gasteiger partial charge on any atom is -0.372 e. The van der Waals surface area contributed by atoms with E-state index in [-0.39, 0.29) is 0 Å². The van der Waals surface area contributed by atoms with E-state index in [0.29, 0.717) is 0 Å². The summed E-state index contributed by atoms with van der Waals surface area (Å²) in [7, 11) is 3.85. The number of aliphatic hydroxyl groups excluding tert-OH is 1. The minimum atomic E-state index is -0.613. The summed E-state index contributed by atoms with van der Waals surface area (Å²) in [6.45, 7) is 2.09. The van der Waals surface area contributed by atoms with Crippen LogP contribution in [-0.2, 0) is 5.41 Å². The zero-order valence-corrected chi connectivity index (χ0v) is 13.8. The van der Waals surface area contributed by atoms with Gasteiger partial charge < -0.3 is 10.0 Å². The monoisotopic (exact) mass is 309 g/mol. The number of anilines is 2. The van der Waals surface area contributed by atoms with Gasteiger partial charge in [-0.25, -0.2) is 0 Å². The van der Waals surface area contributed by atoms with Crippen molar-refractivity contribution in [1.29, 1.82) is 0 Å². The third kappa shape index (κ3) is 2.49. The third-order valence-corrected chi connectivity index (χ3v) is 4.79. The lowest BCUT2D eigenvalue weighted by atomic mass is 9.79. The number of para-hydroxylation sites is 2. The van der Waals surface area contributed by atoms with Crippen molar-refractivity contribution in [2.75, 3.05) is 24.0 Å². The van der Waals surface area contributed by atoms with E-state index in [4.69, 9.17) is 0 Å². The van der Waals surface area contributed by atoms with Gasteiger partial charge in [0.1, 0.15) is 6.23 Å². The van der Waals surface area contributed by atoms with Gasteiger partial charge in [0.05, 0.1) is 11.1 Å². The number of hydrazone groups is 1. The fourth-order valence-corrected chi connectivity index (χ4v) is 3.29. The van der Waals surface area contributed by atoms with Crippen molar-refractivity contribution in [2.45, 2.75) is 25.0 Å². The highest BCUT2D eigenvalue weighted by Crippen LogP contribution is 2.44. The lowest BCUT2D eigenvalue weighted by Gasteiger charge is -2.30. The molecule has 0 bridgehead atoms. The maximum absolute atomic E-state index is 10.8. The van der Waals surface area contributed by atoms with Gasteiger partial charge in [0.2, 0.25) is 0 Å². The van der Waals surface area contributed by atoms with E-state index in [0.717, 1.165) is 23.4 Å². The highest BCUT2D eigenvalue weighted by molar-refractivity contribution is 5.83. The highest BCUT2D eigenvalue weighted by atomic mass is 16.3. The first-order chi connectivity index (χ1) is 11.1. The van der Waals surface area contributed by atoms with Crippen LogP contribution in [0.2, 0.25) is 0 Å². The van der Waals surface area contributed by atoms with Crippen LogP contribution in [0.5, 0.6) is 0 Å². The lowest BCUT2D eigenvalue weighted by Crippen LogP contribution is -2.44. The Bertz CT molecular complexity index is 701. The Morgan fingerprint density at radius 2 is 1.83 bits per heavy atom. The molecule has 2 aromatic carbocycles. The van der Waals surface area contributed by atoms with Crippen molar-refractivity contribution in [1.82, 2.24) is 0 Å². The summed E-state index contributed by atoms with van der Waals surface area (Å²) in [5.41, 5.74) is 2.72. The molecule has 4 nitrogen and oxygen atoms in total.